The quantitative estimate of drug-likeness (QED) is 0.580. The van der Waals surface area contributed by atoms with E-state index >= 15 is 0 Å². The Morgan fingerprint density at radius 3 is 2.54 bits per heavy atom. The lowest BCUT2D eigenvalue weighted by atomic mass is 9.76. The summed E-state index contributed by atoms with van der Waals surface area (Å²) in [7, 11) is 0. The molecule has 3 aliphatic rings. The molecule has 3 atom stereocenters. The molecule has 0 unspecified atom stereocenters. The summed E-state index contributed by atoms with van der Waals surface area (Å²) in [5.74, 6) is -0.678. The number of pyridine rings is 1. The largest absolute Gasteiger partial charge is 0.416 e. The molecule has 5 rings (SSSR count). The number of hydrogen-bond acceptors (Lipinski definition) is 4. The fourth-order valence-electron chi connectivity index (χ4n) is 6.35. The number of alkyl halides is 3. The third-order valence-corrected chi connectivity index (χ3v) is 8.15. The molecule has 1 aliphatic carbocycles. The van der Waals surface area contributed by atoms with Gasteiger partial charge in [-0.2, -0.15) is 13.2 Å². The molecule has 2 N–H and O–H groups in total. The molecule has 37 heavy (non-hydrogen) atoms. The topological polar surface area (TPSA) is 74.3 Å². The highest BCUT2D eigenvalue weighted by Gasteiger charge is 2.48. The molecule has 3 heterocycles. The van der Waals surface area contributed by atoms with Crippen molar-refractivity contribution in [1.29, 1.82) is 0 Å². The van der Waals surface area contributed by atoms with Gasteiger partial charge in [0.15, 0.2) is 0 Å². The van der Waals surface area contributed by atoms with Crippen LogP contribution in [0, 0.1) is 11.7 Å². The van der Waals surface area contributed by atoms with Gasteiger partial charge >= 0.3 is 6.18 Å². The Bertz CT molecular complexity index is 1130. The first-order valence-corrected chi connectivity index (χ1v) is 12.8. The van der Waals surface area contributed by atoms with Crippen LogP contribution < -0.4 is 10.6 Å². The van der Waals surface area contributed by atoms with Gasteiger partial charge in [-0.1, -0.05) is 6.07 Å². The highest BCUT2D eigenvalue weighted by atomic mass is 19.4. The maximum atomic E-state index is 13.4. The summed E-state index contributed by atoms with van der Waals surface area (Å²) in [6.45, 7) is 0.565. The Kier molecular flexibility index (Phi) is 7.20. The van der Waals surface area contributed by atoms with Crippen LogP contribution >= 0.6 is 0 Å². The minimum absolute atomic E-state index is 0.0443. The highest BCUT2D eigenvalue weighted by Crippen LogP contribution is 2.43. The molecule has 2 aromatic rings. The van der Waals surface area contributed by atoms with Gasteiger partial charge in [0, 0.05) is 35.3 Å². The maximum absolute atomic E-state index is 13.4. The lowest BCUT2D eigenvalue weighted by Crippen LogP contribution is -2.49. The van der Waals surface area contributed by atoms with Crippen LogP contribution in [0.3, 0.4) is 0 Å². The first-order valence-electron chi connectivity index (χ1n) is 12.8. The Hall–Kier alpha value is -3.01. The van der Waals surface area contributed by atoms with Gasteiger partial charge < -0.3 is 15.5 Å². The Morgan fingerprint density at radius 2 is 1.84 bits per heavy atom. The number of likely N-dealkylation sites (tertiary alicyclic amines) is 1. The molecule has 0 bridgehead atoms. The Labute approximate surface area is 212 Å². The summed E-state index contributed by atoms with van der Waals surface area (Å²) in [5.41, 5.74) is -0.138. The van der Waals surface area contributed by atoms with Gasteiger partial charge in [0.2, 0.25) is 5.91 Å². The van der Waals surface area contributed by atoms with Crippen LogP contribution in [0.4, 0.5) is 17.6 Å². The van der Waals surface area contributed by atoms with Crippen LogP contribution in [0.2, 0.25) is 0 Å². The average Bonchev–Trinajstić information content (AvgIpc) is 3.49. The van der Waals surface area contributed by atoms with Crippen molar-refractivity contribution in [1.82, 2.24) is 20.5 Å². The first kappa shape index (κ1) is 25.6. The number of carbonyl (C=O) groups excluding carboxylic acids is 2. The van der Waals surface area contributed by atoms with Gasteiger partial charge in [-0.05, 0) is 81.3 Å². The second-order valence-electron chi connectivity index (χ2n) is 10.3. The molecule has 3 fully saturated rings. The van der Waals surface area contributed by atoms with Gasteiger partial charge in [-0.25, -0.2) is 4.39 Å². The zero-order valence-electron chi connectivity index (χ0n) is 20.3. The molecule has 2 amide bonds. The summed E-state index contributed by atoms with van der Waals surface area (Å²) in [6.07, 6.45) is 2.06. The van der Waals surface area contributed by atoms with Crippen LogP contribution in [0.1, 0.15) is 66.1 Å². The van der Waals surface area contributed by atoms with Crippen LogP contribution in [-0.4, -0.2) is 52.9 Å². The molecule has 6 nitrogen and oxygen atoms in total. The number of benzene rings is 1. The number of halogens is 4. The van der Waals surface area contributed by atoms with Crippen molar-refractivity contribution in [2.75, 3.05) is 13.1 Å². The number of amides is 2. The number of fused-ring (bicyclic) bond motifs is 1. The van der Waals surface area contributed by atoms with Crippen molar-refractivity contribution in [2.45, 2.75) is 68.7 Å². The molecule has 0 radical (unpaired) electrons. The van der Waals surface area contributed by atoms with Gasteiger partial charge in [0.1, 0.15) is 5.82 Å². The molecule has 10 heteroatoms. The lowest BCUT2D eigenvalue weighted by Gasteiger charge is -2.38. The maximum Gasteiger partial charge on any atom is 0.416 e. The molecule has 1 aromatic carbocycles. The van der Waals surface area contributed by atoms with Crippen molar-refractivity contribution >= 4 is 11.8 Å². The first-order chi connectivity index (χ1) is 17.7. The van der Waals surface area contributed by atoms with Crippen LogP contribution in [-0.2, 0) is 11.0 Å². The molecule has 198 valence electrons. The third-order valence-electron chi connectivity index (χ3n) is 8.15. The van der Waals surface area contributed by atoms with E-state index in [1.807, 2.05) is 4.90 Å². The van der Waals surface area contributed by atoms with Crippen LogP contribution in [0.25, 0.3) is 0 Å². The zero-order valence-corrected chi connectivity index (χ0v) is 20.3. The normalized spacial score (nSPS) is 27.7. The van der Waals surface area contributed by atoms with Gasteiger partial charge in [0.05, 0.1) is 18.3 Å². The van der Waals surface area contributed by atoms with Crippen molar-refractivity contribution in [3.05, 3.63) is 65.2 Å². The highest BCUT2D eigenvalue weighted by molar-refractivity contribution is 5.96. The van der Waals surface area contributed by atoms with Gasteiger partial charge in [-0.15, -0.1) is 0 Å². The summed E-state index contributed by atoms with van der Waals surface area (Å²) < 4.78 is 52.3. The van der Waals surface area contributed by atoms with Crippen LogP contribution in [0.5, 0.6) is 0 Å². The molecule has 2 aliphatic heterocycles. The summed E-state index contributed by atoms with van der Waals surface area (Å²) in [6, 6.07) is 7.68. The monoisotopic (exact) mass is 518 g/mol. The molecular weight excluding hydrogens is 488 g/mol. The van der Waals surface area contributed by atoms with Crippen molar-refractivity contribution < 1.29 is 27.2 Å². The smallest absolute Gasteiger partial charge is 0.343 e. The van der Waals surface area contributed by atoms with E-state index in [1.54, 1.807) is 6.07 Å². The minimum Gasteiger partial charge on any atom is -0.343 e. The van der Waals surface area contributed by atoms with E-state index in [0.717, 1.165) is 62.9 Å². The average molecular weight is 519 g/mol. The zero-order chi connectivity index (χ0) is 26.2. The number of aromatic nitrogens is 1. The predicted octanol–water partition coefficient (Wildman–Crippen LogP) is 4.27. The SMILES string of the molecule is O=C(NCC(=O)N1[C@H](C2CCC(c3ccc(F)cn3)CC2)C[C@@H]2NCC[C@@H]21)c1cccc(C(F)(F)F)c1. The summed E-state index contributed by atoms with van der Waals surface area (Å²) in [5, 5.41) is 6.02. The molecular formula is C27H30F4N4O2. The van der Waals surface area contributed by atoms with Crippen molar-refractivity contribution in [3.63, 3.8) is 0 Å². The number of nitrogens with zero attached hydrogens (tertiary/aromatic N) is 2. The third kappa shape index (κ3) is 5.49. The minimum atomic E-state index is -4.55. The van der Waals surface area contributed by atoms with Gasteiger partial charge in [0.25, 0.3) is 5.91 Å². The second-order valence-corrected chi connectivity index (χ2v) is 10.3. The standard InChI is InChI=1S/C27H30F4N4O2/c28-20-8-9-21(33-14-20)16-4-6-17(7-5-16)24-13-22-23(10-11-32-22)35(24)25(36)15-34-26(37)18-2-1-3-19(12-18)27(29,30)31/h1-3,8-9,12,14,16-17,22-24,32H,4-7,10-11,13,15H2,(H,34,37)/t16?,17?,22-,23-,24-/m0/s1. The molecule has 2 saturated heterocycles. The van der Waals surface area contributed by atoms with E-state index in [-0.39, 0.29) is 47.9 Å². The van der Waals surface area contributed by atoms with E-state index in [0.29, 0.717) is 5.92 Å². The van der Waals surface area contributed by atoms with E-state index < -0.39 is 17.6 Å². The number of carbonyl (C=O) groups is 2. The summed E-state index contributed by atoms with van der Waals surface area (Å²) in [4.78, 5) is 32.1. The van der Waals surface area contributed by atoms with Gasteiger partial charge in [-0.3, -0.25) is 14.6 Å². The van der Waals surface area contributed by atoms with E-state index in [4.69, 9.17) is 0 Å². The van der Waals surface area contributed by atoms with E-state index in [9.17, 15) is 27.2 Å². The van der Waals surface area contributed by atoms with Crippen LogP contribution in [0.15, 0.2) is 42.6 Å². The fraction of sp³-hybridized carbons (Fsp3) is 0.519. The predicted molar refractivity (Wildman–Crippen MR) is 128 cm³/mol. The second kappa shape index (κ2) is 10.4. The molecule has 1 aromatic heterocycles. The molecule has 1 saturated carbocycles. The van der Waals surface area contributed by atoms with E-state index in [1.165, 1.54) is 24.4 Å². The Morgan fingerprint density at radius 1 is 1.05 bits per heavy atom. The summed E-state index contributed by atoms with van der Waals surface area (Å²) >= 11 is 0. The number of hydrogen-bond donors (Lipinski definition) is 2. The van der Waals surface area contributed by atoms with Crippen molar-refractivity contribution in [3.8, 4) is 0 Å². The fourth-order valence-corrected chi connectivity index (χ4v) is 6.35. The van der Waals surface area contributed by atoms with Crippen molar-refractivity contribution in [2.24, 2.45) is 5.92 Å². The number of rotatable bonds is 5. The van der Waals surface area contributed by atoms with E-state index in [2.05, 4.69) is 15.6 Å². The number of nitrogens with one attached hydrogen (secondary N) is 2. The Balaban J connectivity index is 1.22. The lowest BCUT2D eigenvalue weighted by molar-refractivity contribution is -0.137. The molecule has 0 spiro atoms.